The molecule has 122 valence electrons. The maximum Gasteiger partial charge on any atom is 0.214 e. The Morgan fingerprint density at radius 1 is 1.18 bits per heavy atom. The lowest BCUT2D eigenvalue weighted by Gasteiger charge is -2.38. The van der Waals surface area contributed by atoms with Gasteiger partial charge in [0.2, 0.25) is 10.0 Å². The molecule has 22 heavy (non-hydrogen) atoms. The molecule has 1 aromatic rings. The number of aliphatic hydroxyl groups excluding tert-OH is 1. The molecule has 0 spiro atoms. The van der Waals surface area contributed by atoms with E-state index in [0.29, 0.717) is 6.54 Å². The van der Waals surface area contributed by atoms with Crippen LogP contribution in [0.25, 0.3) is 0 Å². The second kappa shape index (κ2) is 6.66. The van der Waals surface area contributed by atoms with E-state index in [1.54, 1.807) is 0 Å². The van der Waals surface area contributed by atoms with Gasteiger partial charge in [0.1, 0.15) is 0 Å². The summed E-state index contributed by atoms with van der Waals surface area (Å²) in [7, 11) is -3.21. The molecular formula is C16H24N2O3S. The van der Waals surface area contributed by atoms with Crippen LogP contribution in [0.1, 0.15) is 24.8 Å². The Labute approximate surface area is 132 Å². The molecule has 1 aromatic carbocycles. The van der Waals surface area contributed by atoms with Crippen LogP contribution in [0.3, 0.4) is 0 Å². The highest BCUT2D eigenvalue weighted by Gasteiger charge is 2.39. The van der Waals surface area contributed by atoms with Crippen LogP contribution in [-0.4, -0.2) is 49.4 Å². The Morgan fingerprint density at radius 2 is 1.91 bits per heavy atom. The van der Waals surface area contributed by atoms with Crippen LogP contribution in [0.15, 0.2) is 30.3 Å². The van der Waals surface area contributed by atoms with Gasteiger partial charge >= 0.3 is 0 Å². The Kier molecular flexibility index (Phi) is 4.82. The van der Waals surface area contributed by atoms with E-state index in [0.717, 1.165) is 32.4 Å². The highest BCUT2D eigenvalue weighted by Crippen LogP contribution is 2.29. The normalized spacial score (nSPS) is 27.0. The van der Waals surface area contributed by atoms with Crippen LogP contribution < -0.4 is 4.72 Å². The van der Waals surface area contributed by atoms with Crippen LogP contribution in [0.4, 0.5) is 0 Å². The van der Waals surface area contributed by atoms with E-state index in [2.05, 4.69) is 21.8 Å². The molecule has 1 heterocycles. The predicted molar refractivity (Wildman–Crippen MR) is 85.8 cm³/mol. The van der Waals surface area contributed by atoms with Gasteiger partial charge in [-0.1, -0.05) is 30.3 Å². The van der Waals surface area contributed by atoms with Crippen molar-refractivity contribution in [3.05, 3.63) is 35.9 Å². The SMILES string of the molecule is O=S(=O)(N[C@@H]1CN(Cc2ccccc2)CC[C@@H]1CO)C1CC1. The van der Waals surface area contributed by atoms with E-state index in [-0.39, 0.29) is 23.8 Å². The number of benzene rings is 1. The number of hydrogen-bond donors (Lipinski definition) is 2. The largest absolute Gasteiger partial charge is 0.396 e. The van der Waals surface area contributed by atoms with Gasteiger partial charge in [-0.15, -0.1) is 0 Å². The first-order valence-electron chi connectivity index (χ1n) is 7.97. The average Bonchev–Trinajstić information content (AvgIpc) is 3.33. The van der Waals surface area contributed by atoms with E-state index in [4.69, 9.17) is 0 Å². The fraction of sp³-hybridized carbons (Fsp3) is 0.625. The standard InChI is InChI=1S/C16H24N2O3S/c19-12-14-8-9-18(10-13-4-2-1-3-5-13)11-16(14)17-22(20,21)15-6-7-15/h1-5,14-17,19H,6-12H2/t14-,16-/m1/s1. The van der Waals surface area contributed by atoms with Crippen molar-refractivity contribution >= 4 is 10.0 Å². The molecule has 2 atom stereocenters. The lowest BCUT2D eigenvalue weighted by molar-refractivity contribution is 0.101. The molecule has 2 aliphatic rings. The average molecular weight is 324 g/mol. The summed E-state index contributed by atoms with van der Waals surface area (Å²) in [4.78, 5) is 2.27. The van der Waals surface area contributed by atoms with Crippen LogP contribution in [0.2, 0.25) is 0 Å². The number of hydrogen-bond acceptors (Lipinski definition) is 4. The monoisotopic (exact) mass is 324 g/mol. The summed E-state index contributed by atoms with van der Waals surface area (Å²) in [5.41, 5.74) is 1.23. The highest BCUT2D eigenvalue weighted by atomic mass is 32.2. The molecule has 0 aromatic heterocycles. The Hall–Kier alpha value is -0.950. The summed E-state index contributed by atoms with van der Waals surface area (Å²) >= 11 is 0. The van der Waals surface area contributed by atoms with Gasteiger partial charge in [0.05, 0.1) is 5.25 Å². The van der Waals surface area contributed by atoms with Gasteiger partial charge < -0.3 is 5.11 Å². The maximum atomic E-state index is 12.2. The third-order valence-corrected chi connectivity index (χ3v) is 6.58. The van der Waals surface area contributed by atoms with Crippen molar-refractivity contribution in [3.63, 3.8) is 0 Å². The van der Waals surface area contributed by atoms with Gasteiger partial charge in [0, 0.05) is 31.7 Å². The second-order valence-electron chi connectivity index (χ2n) is 6.42. The van der Waals surface area contributed by atoms with Gasteiger partial charge in [-0.25, -0.2) is 13.1 Å². The van der Waals surface area contributed by atoms with Gasteiger partial charge in [-0.05, 0) is 31.4 Å². The Morgan fingerprint density at radius 3 is 2.55 bits per heavy atom. The Balaban J connectivity index is 1.64. The van der Waals surface area contributed by atoms with Crippen LogP contribution in [0, 0.1) is 5.92 Å². The van der Waals surface area contributed by atoms with Crippen LogP contribution >= 0.6 is 0 Å². The van der Waals surface area contributed by atoms with E-state index >= 15 is 0 Å². The first-order chi connectivity index (χ1) is 10.6. The highest BCUT2D eigenvalue weighted by molar-refractivity contribution is 7.90. The second-order valence-corrected chi connectivity index (χ2v) is 8.41. The number of nitrogens with zero attached hydrogens (tertiary/aromatic N) is 1. The third kappa shape index (κ3) is 3.87. The number of nitrogens with one attached hydrogen (secondary N) is 1. The van der Waals surface area contributed by atoms with E-state index in [1.807, 2.05) is 18.2 Å². The molecule has 0 bridgehead atoms. The van der Waals surface area contributed by atoms with Crippen molar-refractivity contribution in [1.82, 2.24) is 9.62 Å². The summed E-state index contributed by atoms with van der Waals surface area (Å²) in [6.07, 6.45) is 2.35. The topological polar surface area (TPSA) is 69.6 Å². The molecule has 0 unspecified atom stereocenters. The molecule has 1 saturated carbocycles. The van der Waals surface area contributed by atoms with E-state index in [9.17, 15) is 13.5 Å². The van der Waals surface area contributed by atoms with Crippen molar-refractivity contribution in [1.29, 1.82) is 0 Å². The number of rotatable bonds is 6. The minimum absolute atomic E-state index is 0.0144. The third-order valence-electron chi connectivity index (χ3n) is 4.60. The molecule has 1 aliphatic heterocycles. The minimum atomic E-state index is -3.21. The fourth-order valence-corrected chi connectivity index (χ4v) is 4.73. The van der Waals surface area contributed by atoms with Crippen LogP contribution in [0.5, 0.6) is 0 Å². The smallest absolute Gasteiger partial charge is 0.214 e. The maximum absolute atomic E-state index is 12.2. The number of aliphatic hydroxyl groups is 1. The van der Waals surface area contributed by atoms with Crippen molar-refractivity contribution in [2.45, 2.75) is 37.1 Å². The fourth-order valence-electron chi connectivity index (χ4n) is 3.09. The summed E-state index contributed by atoms with van der Waals surface area (Å²) < 4.78 is 27.2. The zero-order valence-corrected chi connectivity index (χ0v) is 13.5. The van der Waals surface area contributed by atoms with Gasteiger partial charge in [0.15, 0.2) is 0 Å². The number of likely N-dealkylation sites (tertiary alicyclic amines) is 1. The molecule has 0 amide bonds. The zero-order chi connectivity index (χ0) is 15.6. The molecule has 2 fully saturated rings. The quantitative estimate of drug-likeness (QED) is 0.817. The van der Waals surface area contributed by atoms with Crippen LogP contribution in [-0.2, 0) is 16.6 Å². The molecule has 2 N–H and O–H groups in total. The molecule has 0 radical (unpaired) electrons. The minimum Gasteiger partial charge on any atom is -0.396 e. The summed E-state index contributed by atoms with van der Waals surface area (Å²) in [5, 5.41) is 9.32. The van der Waals surface area contributed by atoms with Crippen molar-refractivity contribution < 1.29 is 13.5 Å². The summed E-state index contributed by atoms with van der Waals surface area (Å²) in [6, 6.07) is 10.0. The Bertz CT molecular complexity index is 587. The zero-order valence-electron chi connectivity index (χ0n) is 12.7. The first kappa shape index (κ1) is 15.9. The number of piperidine rings is 1. The van der Waals surface area contributed by atoms with Gasteiger partial charge in [-0.2, -0.15) is 0 Å². The number of sulfonamides is 1. The summed E-state index contributed by atoms with van der Waals surface area (Å²) in [5.74, 6) is 0.0144. The molecular weight excluding hydrogens is 300 g/mol. The first-order valence-corrected chi connectivity index (χ1v) is 9.51. The lowest BCUT2D eigenvalue weighted by Crippen LogP contribution is -2.53. The van der Waals surface area contributed by atoms with Crippen molar-refractivity contribution in [2.75, 3.05) is 19.7 Å². The van der Waals surface area contributed by atoms with Crippen molar-refractivity contribution in [2.24, 2.45) is 5.92 Å². The molecule has 1 saturated heterocycles. The van der Waals surface area contributed by atoms with E-state index < -0.39 is 10.0 Å². The van der Waals surface area contributed by atoms with Crippen molar-refractivity contribution in [3.8, 4) is 0 Å². The molecule has 6 heteroatoms. The molecule has 5 nitrogen and oxygen atoms in total. The summed E-state index contributed by atoms with van der Waals surface area (Å²) in [6.45, 7) is 2.41. The molecule has 1 aliphatic carbocycles. The van der Waals surface area contributed by atoms with Gasteiger partial charge in [0.25, 0.3) is 0 Å². The lowest BCUT2D eigenvalue weighted by atomic mass is 9.93. The van der Waals surface area contributed by atoms with E-state index in [1.165, 1.54) is 5.56 Å². The molecule has 3 rings (SSSR count). The predicted octanol–water partition coefficient (Wildman–Crippen LogP) is 0.951. The van der Waals surface area contributed by atoms with Gasteiger partial charge in [-0.3, -0.25) is 4.90 Å².